The van der Waals surface area contributed by atoms with Crippen molar-refractivity contribution in [3.8, 4) is 0 Å². The van der Waals surface area contributed by atoms with Gasteiger partial charge >= 0.3 is 0 Å². The fraction of sp³-hybridized carbons (Fsp3) is 0.583. The molecule has 1 saturated heterocycles. The maximum Gasteiger partial charge on any atom is 0.264 e. The lowest BCUT2D eigenvalue weighted by Crippen LogP contribution is -2.61. The van der Waals surface area contributed by atoms with Crippen LogP contribution in [0, 0.1) is 6.92 Å². The minimum absolute atomic E-state index is 0.0549. The zero-order chi connectivity index (χ0) is 11.9. The van der Waals surface area contributed by atoms with Crippen LogP contribution in [0.3, 0.4) is 0 Å². The second kappa shape index (κ2) is 3.86. The van der Waals surface area contributed by atoms with E-state index in [4.69, 9.17) is 0 Å². The lowest BCUT2D eigenvalue weighted by Gasteiger charge is -2.43. The minimum Gasteiger partial charge on any atom is -0.386 e. The third kappa shape index (κ3) is 1.99. The Hall–Kier alpha value is -0.870. The van der Waals surface area contributed by atoms with Gasteiger partial charge in [0, 0.05) is 4.88 Å². The van der Waals surface area contributed by atoms with E-state index in [9.17, 15) is 9.90 Å². The number of hydrogen-bond acceptors (Lipinski definition) is 3. The van der Waals surface area contributed by atoms with Crippen molar-refractivity contribution in [3.63, 3.8) is 0 Å². The molecule has 88 valence electrons. The highest BCUT2D eigenvalue weighted by Crippen LogP contribution is 2.27. The van der Waals surface area contributed by atoms with Crippen LogP contribution in [0.15, 0.2) is 6.07 Å². The molecule has 0 saturated carbocycles. The molecule has 0 atom stereocenters. The SMILES string of the molecule is CCc1cc(C(=O)N2CC(C)(O)C2)sc1C. The first-order valence-corrected chi connectivity index (χ1v) is 6.35. The van der Waals surface area contributed by atoms with Gasteiger partial charge in [-0.05, 0) is 31.9 Å². The van der Waals surface area contributed by atoms with Crippen molar-refractivity contribution in [2.24, 2.45) is 0 Å². The number of amides is 1. The minimum atomic E-state index is -0.685. The molecule has 1 amide bonds. The Morgan fingerprint density at radius 3 is 2.69 bits per heavy atom. The standard InChI is InChI=1S/C12H17NO2S/c1-4-9-5-10(16-8(9)2)11(14)13-6-12(3,15)7-13/h5,15H,4,6-7H2,1-3H3. The molecule has 1 aromatic heterocycles. The molecule has 0 aromatic carbocycles. The average molecular weight is 239 g/mol. The Bertz CT molecular complexity index is 415. The zero-order valence-electron chi connectivity index (χ0n) is 9.91. The molecular formula is C12H17NO2S. The summed E-state index contributed by atoms with van der Waals surface area (Å²) in [5.74, 6) is 0.0549. The second-order valence-corrected chi connectivity index (χ2v) is 5.96. The number of carbonyl (C=O) groups excluding carboxylic acids is 1. The summed E-state index contributed by atoms with van der Waals surface area (Å²) < 4.78 is 0. The fourth-order valence-electron chi connectivity index (χ4n) is 2.05. The molecule has 2 heterocycles. The first-order valence-electron chi connectivity index (χ1n) is 5.54. The van der Waals surface area contributed by atoms with Crippen molar-refractivity contribution in [2.75, 3.05) is 13.1 Å². The van der Waals surface area contributed by atoms with Gasteiger partial charge in [0.05, 0.1) is 23.6 Å². The van der Waals surface area contributed by atoms with Crippen LogP contribution < -0.4 is 0 Å². The molecule has 1 aromatic rings. The number of hydrogen-bond donors (Lipinski definition) is 1. The Morgan fingerprint density at radius 1 is 1.62 bits per heavy atom. The van der Waals surface area contributed by atoms with Crippen molar-refractivity contribution in [3.05, 3.63) is 21.4 Å². The monoisotopic (exact) mass is 239 g/mol. The van der Waals surface area contributed by atoms with Gasteiger partial charge in [-0.3, -0.25) is 4.79 Å². The number of aryl methyl sites for hydroxylation is 2. The van der Waals surface area contributed by atoms with E-state index in [0.29, 0.717) is 13.1 Å². The molecule has 0 aliphatic carbocycles. The molecule has 0 unspecified atom stereocenters. The Morgan fingerprint density at radius 2 is 2.25 bits per heavy atom. The molecule has 1 fully saturated rings. The third-order valence-electron chi connectivity index (χ3n) is 2.96. The van der Waals surface area contributed by atoms with E-state index in [0.717, 1.165) is 11.3 Å². The van der Waals surface area contributed by atoms with Crippen molar-refractivity contribution >= 4 is 17.2 Å². The summed E-state index contributed by atoms with van der Waals surface area (Å²) in [5.41, 5.74) is 0.566. The number of nitrogens with zero attached hydrogens (tertiary/aromatic N) is 1. The van der Waals surface area contributed by atoms with Gasteiger partial charge in [0.15, 0.2) is 0 Å². The van der Waals surface area contributed by atoms with Crippen LogP contribution in [0.1, 0.15) is 34.0 Å². The number of rotatable bonds is 2. The average Bonchev–Trinajstić information content (AvgIpc) is 2.54. The van der Waals surface area contributed by atoms with E-state index < -0.39 is 5.60 Å². The number of thiophene rings is 1. The fourth-order valence-corrected chi connectivity index (χ4v) is 3.13. The summed E-state index contributed by atoms with van der Waals surface area (Å²) in [4.78, 5) is 15.7. The van der Waals surface area contributed by atoms with Gasteiger partial charge in [0.2, 0.25) is 0 Å². The van der Waals surface area contributed by atoms with Gasteiger partial charge in [0.1, 0.15) is 0 Å². The Labute approximate surface area is 99.7 Å². The van der Waals surface area contributed by atoms with E-state index in [1.807, 2.05) is 13.0 Å². The molecule has 1 aliphatic rings. The summed E-state index contributed by atoms with van der Waals surface area (Å²) in [6.07, 6.45) is 0.966. The van der Waals surface area contributed by atoms with Gasteiger partial charge < -0.3 is 10.0 Å². The molecule has 16 heavy (non-hydrogen) atoms. The van der Waals surface area contributed by atoms with Crippen molar-refractivity contribution in [1.82, 2.24) is 4.90 Å². The predicted octanol–water partition coefficient (Wildman–Crippen LogP) is 1.83. The smallest absolute Gasteiger partial charge is 0.264 e. The topological polar surface area (TPSA) is 40.5 Å². The molecule has 0 radical (unpaired) electrons. The van der Waals surface area contributed by atoms with Crippen LogP contribution in [0.5, 0.6) is 0 Å². The summed E-state index contributed by atoms with van der Waals surface area (Å²) in [6, 6.07) is 1.98. The Balaban J connectivity index is 2.10. The van der Waals surface area contributed by atoms with Crippen molar-refractivity contribution in [1.29, 1.82) is 0 Å². The normalized spacial score (nSPS) is 18.4. The van der Waals surface area contributed by atoms with Crippen molar-refractivity contribution in [2.45, 2.75) is 32.8 Å². The van der Waals surface area contributed by atoms with Crippen LogP contribution in [0.4, 0.5) is 0 Å². The highest BCUT2D eigenvalue weighted by molar-refractivity contribution is 7.14. The first-order chi connectivity index (χ1) is 7.43. The highest BCUT2D eigenvalue weighted by Gasteiger charge is 2.40. The molecule has 1 aliphatic heterocycles. The molecule has 0 spiro atoms. The molecule has 3 nitrogen and oxygen atoms in total. The number of carbonyl (C=O) groups is 1. The highest BCUT2D eigenvalue weighted by atomic mass is 32.1. The van der Waals surface area contributed by atoms with Gasteiger partial charge in [-0.15, -0.1) is 11.3 Å². The first kappa shape index (κ1) is 11.6. The van der Waals surface area contributed by atoms with E-state index >= 15 is 0 Å². The lowest BCUT2D eigenvalue weighted by atomic mass is 9.97. The van der Waals surface area contributed by atoms with Gasteiger partial charge in [-0.25, -0.2) is 0 Å². The lowest BCUT2D eigenvalue weighted by molar-refractivity contribution is -0.0667. The maximum absolute atomic E-state index is 12.0. The van der Waals surface area contributed by atoms with E-state index in [2.05, 4.69) is 6.92 Å². The third-order valence-corrected chi connectivity index (χ3v) is 4.04. The summed E-state index contributed by atoms with van der Waals surface area (Å²) in [5, 5.41) is 9.59. The van der Waals surface area contributed by atoms with Gasteiger partial charge in [-0.2, -0.15) is 0 Å². The largest absolute Gasteiger partial charge is 0.386 e. The van der Waals surface area contributed by atoms with Crippen molar-refractivity contribution < 1.29 is 9.90 Å². The van der Waals surface area contributed by atoms with Gasteiger partial charge in [-0.1, -0.05) is 6.92 Å². The number of likely N-dealkylation sites (tertiary alicyclic amines) is 1. The van der Waals surface area contributed by atoms with Crippen LogP contribution in [-0.4, -0.2) is 34.6 Å². The van der Waals surface area contributed by atoms with Gasteiger partial charge in [0.25, 0.3) is 5.91 Å². The summed E-state index contributed by atoms with van der Waals surface area (Å²) >= 11 is 1.55. The molecule has 2 rings (SSSR count). The van der Waals surface area contributed by atoms with Crippen LogP contribution in [0.2, 0.25) is 0 Å². The van der Waals surface area contributed by atoms with E-state index in [1.165, 1.54) is 10.4 Å². The number of β-amino-alcohol motifs (C(OH)–C–C–N with tert-alkyl or cyclic N) is 1. The summed E-state index contributed by atoms with van der Waals surface area (Å²) in [6.45, 7) is 6.80. The second-order valence-electron chi connectivity index (χ2n) is 4.70. The van der Waals surface area contributed by atoms with Crippen LogP contribution in [0.25, 0.3) is 0 Å². The summed E-state index contributed by atoms with van der Waals surface area (Å²) in [7, 11) is 0. The zero-order valence-corrected chi connectivity index (χ0v) is 10.7. The Kier molecular flexibility index (Phi) is 2.80. The quantitative estimate of drug-likeness (QED) is 0.855. The molecular weight excluding hydrogens is 222 g/mol. The molecule has 1 N–H and O–H groups in total. The molecule has 4 heteroatoms. The van der Waals surface area contributed by atoms with E-state index in [-0.39, 0.29) is 5.91 Å². The van der Waals surface area contributed by atoms with Crippen LogP contribution >= 0.6 is 11.3 Å². The van der Waals surface area contributed by atoms with E-state index in [1.54, 1.807) is 23.2 Å². The predicted molar refractivity (Wildman–Crippen MR) is 65.0 cm³/mol. The maximum atomic E-state index is 12.0. The number of aliphatic hydroxyl groups is 1. The molecule has 0 bridgehead atoms. The van der Waals surface area contributed by atoms with Crippen LogP contribution in [-0.2, 0) is 6.42 Å².